The molecule has 0 saturated carbocycles. The van der Waals surface area contributed by atoms with E-state index >= 15 is 0 Å². The minimum absolute atomic E-state index is 0.565. The highest BCUT2D eigenvalue weighted by Crippen LogP contribution is 2.66. The predicted octanol–water partition coefficient (Wildman–Crippen LogP) is 17.3. The lowest BCUT2D eigenvalue weighted by Gasteiger charge is -2.45. The van der Waals surface area contributed by atoms with Crippen LogP contribution in [0.25, 0.3) is 33.4 Å². The number of fused-ring (bicyclic) bond motifs is 12. The Kier molecular flexibility index (Phi) is 9.06. The first-order valence-electron chi connectivity index (χ1n) is 24.4. The Morgan fingerprint density at radius 1 is 0.257 bits per heavy atom. The molecule has 0 saturated heterocycles. The van der Waals surface area contributed by atoms with E-state index in [0.717, 1.165) is 28.3 Å². The van der Waals surface area contributed by atoms with Gasteiger partial charge >= 0.3 is 0 Å². The number of anilines is 6. The molecule has 0 N–H and O–H groups in total. The van der Waals surface area contributed by atoms with Gasteiger partial charge in [-0.2, -0.15) is 0 Å². The molecule has 2 nitrogen and oxygen atoms in total. The van der Waals surface area contributed by atoms with Crippen LogP contribution in [0.3, 0.4) is 0 Å². The average molecular weight is 891 g/mol. The molecule has 0 aromatic heterocycles. The lowest BCUT2D eigenvalue weighted by atomic mass is 9.64. The molecule has 70 heavy (non-hydrogen) atoms. The van der Waals surface area contributed by atoms with Crippen LogP contribution in [0.2, 0.25) is 0 Å². The van der Waals surface area contributed by atoms with Gasteiger partial charge in [-0.15, -0.1) is 0 Å². The minimum Gasteiger partial charge on any atom is -0.310 e. The van der Waals surface area contributed by atoms with E-state index in [4.69, 9.17) is 0 Å². The maximum absolute atomic E-state index is 2.61. The van der Waals surface area contributed by atoms with E-state index in [9.17, 15) is 0 Å². The molecule has 0 fully saturated rings. The largest absolute Gasteiger partial charge is 0.310 e. The van der Waals surface area contributed by atoms with Crippen LogP contribution >= 0.6 is 0 Å². The quantitative estimate of drug-likeness (QED) is 0.157. The Balaban J connectivity index is 1.11. The van der Waals surface area contributed by atoms with Gasteiger partial charge in [-0.1, -0.05) is 237 Å². The fourth-order valence-electron chi connectivity index (χ4n) is 12.8. The third-order valence-corrected chi connectivity index (χ3v) is 15.3. The molecule has 0 atom stereocenters. The van der Waals surface area contributed by atoms with Crippen molar-refractivity contribution >= 4 is 34.1 Å². The van der Waals surface area contributed by atoms with Crippen molar-refractivity contribution in [1.29, 1.82) is 0 Å². The second kappa shape index (κ2) is 15.8. The summed E-state index contributed by atoms with van der Waals surface area (Å²) in [5, 5.41) is 0. The lowest BCUT2D eigenvalue weighted by Crippen LogP contribution is -2.36. The van der Waals surface area contributed by atoms with Crippen LogP contribution in [0, 0.1) is 0 Å². The molecule has 1 heterocycles. The Morgan fingerprint density at radius 2 is 0.629 bits per heavy atom. The SMILES string of the molecule is c1ccc(-c2ccccc2N(c2cccc3c2-c2ccccc2C3(c2ccccc2)c2ccccc2)c2cccc3c2-c2ccccc2C32c3ccccc3N(c3ccccc3)c3ccccc32)cc1. The van der Waals surface area contributed by atoms with Gasteiger partial charge in [0.05, 0.1) is 39.3 Å². The van der Waals surface area contributed by atoms with Crippen molar-refractivity contribution in [2.24, 2.45) is 0 Å². The van der Waals surface area contributed by atoms with Crippen LogP contribution in [-0.4, -0.2) is 0 Å². The molecule has 0 unspecified atom stereocenters. The average Bonchev–Trinajstić information content (AvgIpc) is 3.92. The monoisotopic (exact) mass is 890 g/mol. The second-order valence-electron chi connectivity index (χ2n) is 18.6. The van der Waals surface area contributed by atoms with Crippen molar-refractivity contribution in [2.75, 3.05) is 9.80 Å². The summed E-state index contributed by atoms with van der Waals surface area (Å²) in [6.45, 7) is 0. The fourth-order valence-corrected chi connectivity index (χ4v) is 12.8. The normalized spacial score (nSPS) is 13.9. The number of benzene rings is 11. The number of nitrogens with zero attached hydrogens (tertiary/aromatic N) is 2. The first-order chi connectivity index (χ1) is 34.8. The van der Waals surface area contributed by atoms with Gasteiger partial charge in [0.25, 0.3) is 0 Å². The van der Waals surface area contributed by atoms with E-state index in [0.29, 0.717) is 0 Å². The maximum Gasteiger partial charge on any atom is 0.0755 e. The zero-order chi connectivity index (χ0) is 46.2. The van der Waals surface area contributed by atoms with Crippen molar-refractivity contribution in [3.63, 3.8) is 0 Å². The maximum atomic E-state index is 2.61. The van der Waals surface area contributed by atoms with Crippen molar-refractivity contribution in [1.82, 2.24) is 0 Å². The van der Waals surface area contributed by atoms with Crippen LogP contribution in [0.5, 0.6) is 0 Å². The second-order valence-corrected chi connectivity index (χ2v) is 18.6. The summed E-state index contributed by atoms with van der Waals surface area (Å²) in [5.74, 6) is 0. The van der Waals surface area contributed by atoms with Crippen molar-refractivity contribution in [2.45, 2.75) is 10.8 Å². The first-order valence-corrected chi connectivity index (χ1v) is 24.4. The van der Waals surface area contributed by atoms with Gasteiger partial charge in [-0.25, -0.2) is 0 Å². The van der Waals surface area contributed by atoms with Gasteiger partial charge < -0.3 is 9.80 Å². The zero-order valence-corrected chi connectivity index (χ0v) is 38.5. The van der Waals surface area contributed by atoms with Crippen LogP contribution in [0.4, 0.5) is 34.1 Å². The number of para-hydroxylation sites is 4. The summed E-state index contributed by atoms with van der Waals surface area (Å²) in [6, 6.07) is 104. The Labute approximate surface area is 409 Å². The van der Waals surface area contributed by atoms with Crippen LogP contribution < -0.4 is 9.80 Å². The van der Waals surface area contributed by atoms with E-state index in [-0.39, 0.29) is 0 Å². The minimum atomic E-state index is -0.619. The van der Waals surface area contributed by atoms with Gasteiger partial charge in [0.1, 0.15) is 0 Å². The third-order valence-electron chi connectivity index (χ3n) is 15.3. The van der Waals surface area contributed by atoms with Gasteiger partial charge in [-0.05, 0) is 104 Å². The van der Waals surface area contributed by atoms with Crippen LogP contribution in [0.1, 0.15) is 44.5 Å². The van der Waals surface area contributed by atoms with E-state index in [1.165, 1.54) is 83.7 Å². The molecular weight excluding hydrogens is 845 g/mol. The molecule has 0 bridgehead atoms. The predicted molar refractivity (Wildman–Crippen MR) is 289 cm³/mol. The molecular formula is C68H46N2. The van der Waals surface area contributed by atoms with Gasteiger partial charge in [0.15, 0.2) is 0 Å². The summed E-state index contributed by atoms with van der Waals surface area (Å²) >= 11 is 0. The third kappa shape index (κ3) is 5.50. The van der Waals surface area contributed by atoms with Gasteiger partial charge in [-0.3, -0.25) is 0 Å². The van der Waals surface area contributed by atoms with Gasteiger partial charge in [0, 0.05) is 22.4 Å². The molecule has 0 radical (unpaired) electrons. The van der Waals surface area contributed by atoms with Crippen LogP contribution in [0.15, 0.2) is 279 Å². The smallest absolute Gasteiger partial charge is 0.0755 e. The Morgan fingerprint density at radius 3 is 1.17 bits per heavy atom. The summed E-state index contributed by atoms with van der Waals surface area (Å²) in [7, 11) is 0. The lowest BCUT2D eigenvalue weighted by molar-refractivity contribution is 0.752. The summed E-state index contributed by atoms with van der Waals surface area (Å²) < 4.78 is 0. The molecule has 2 aliphatic carbocycles. The van der Waals surface area contributed by atoms with Crippen molar-refractivity contribution < 1.29 is 0 Å². The highest BCUT2D eigenvalue weighted by molar-refractivity contribution is 6.05. The van der Waals surface area contributed by atoms with Crippen molar-refractivity contribution in [3.05, 3.63) is 324 Å². The zero-order valence-electron chi connectivity index (χ0n) is 38.5. The molecule has 11 aromatic carbocycles. The fraction of sp³-hybridized carbons (Fsp3) is 0.0294. The van der Waals surface area contributed by atoms with Crippen LogP contribution in [-0.2, 0) is 10.8 Å². The summed E-state index contributed by atoms with van der Waals surface area (Å²) in [6.07, 6.45) is 0. The number of hydrogen-bond acceptors (Lipinski definition) is 2. The van der Waals surface area contributed by atoms with Crippen molar-refractivity contribution in [3.8, 4) is 33.4 Å². The molecule has 11 aromatic rings. The number of hydrogen-bond donors (Lipinski definition) is 0. The molecule has 2 heteroatoms. The first kappa shape index (κ1) is 40.1. The van der Waals surface area contributed by atoms with Gasteiger partial charge in [0.2, 0.25) is 0 Å². The molecule has 0 amide bonds. The van der Waals surface area contributed by atoms with E-state index in [1.54, 1.807) is 0 Å². The van der Waals surface area contributed by atoms with E-state index in [1.807, 2.05) is 0 Å². The summed E-state index contributed by atoms with van der Waals surface area (Å²) in [5.41, 5.74) is 23.1. The van der Waals surface area contributed by atoms with E-state index < -0.39 is 10.8 Å². The highest BCUT2D eigenvalue weighted by Gasteiger charge is 2.53. The Bertz CT molecular complexity index is 3700. The number of rotatable bonds is 7. The molecule has 1 spiro atoms. The molecule has 14 rings (SSSR count). The van der Waals surface area contributed by atoms with E-state index in [2.05, 4.69) is 289 Å². The Hall–Kier alpha value is -8.98. The topological polar surface area (TPSA) is 6.48 Å². The summed E-state index contributed by atoms with van der Waals surface area (Å²) in [4.78, 5) is 5.06. The molecule has 328 valence electrons. The molecule has 3 aliphatic rings. The highest BCUT2D eigenvalue weighted by atomic mass is 15.2. The standard InChI is InChI=1S/C68H46N2/c1-5-25-47(26-6-1)51-33-15-20-42-60(51)70(63-45-23-40-58-65(63)52-34-13-16-36-54(52)67(58,48-27-7-2-8-28-48)49-29-9-3-10-30-49)64-46-24-41-59-66(64)53-35-14-17-37-55(53)68(59)56-38-18-21-43-61(56)69(50-31-11-4-12-32-50)62-44-22-19-39-57(62)68/h1-46H. The molecule has 1 aliphatic heterocycles.